The lowest BCUT2D eigenvalue weighted by Crippen LogP contribution is -2.19. The van der Waals surface area contributed by atoms with E-state index in [2.05, 4.69) is 33.9 Å². The molecule has 0 fully saturated rings. The summed E-state index contributed by atoms with van der Waals surface area (Å²) in [4.78, 5) is 0. The van der Waals surface area contributed by atoms with Crippen LogP contribution in [0.2, 0.25) is 13.1 Å². The van der Waals surface area contributed by atoms with Gasteiger partial charge in [-0.3, -0.25) is 4.57 Å². The quantitative estimate of drug-likeness (QED) is 0.691. The number of benzene rings is 1. The molecule has 0 unspecified atom stereocenters. The molecule has 21 heavy (non-hydrogen) atoms. The number of aromatic nitrogens is 1. The van der Waals surface area contributed by atoms with E-state index in [1.165, 1.54) is 6.07 Å². The molecular formula is C16H23FN2OSi. The van der Waals surface area contributed by atoms with Crippen LogP contribution >= 0.6 is 0 Å². The van der Waals surface area contributed by atoms with Crippen molar-refractivity contribution in [1.82, 2.24) is 4.57 Å². The van der Waals surface area contributed by atoms with Gasteiger partial charge < -0.3 is 10.2 Å². The first-order chi connectivity index (χ1) is 9.70. The summed E-state index contributed by atoms with van der Waals surface area (Å²) in [5.74, 6) is 0.397. The topological polar surface area (TPSA) is 40.2 Å². The van der Waals surface area contributed by atoms with Crippen LogP contribution in [0.4, 0.5) is 10.1 Å². The Kier molecular flexibility index (Phi) is 4.14. The van der Waals surface area contributed by atoms with Crippen molar-refractivity contribution < 1.29 is 8.82 Å². The average Bonchev–Trinajstić information content (AvgIpc) is 2.71. The fraction of sp³-hybridized carbons (Fsp3) is 0.375. The molecule has 1 heterocycles. The molecular weight excluding hydrogens is 283 g/mol. The maximum Gasteiger partial charge on any atom is 0.231 e. The summed E-state index contributed by atoms with van der Waals surface area (Å²) in [5, 5.41) is 0. The predicted octanol–water partition coefficient (Wildman–Crippen LogP) is 3.86. The molecule has 2 aromatic rings. The van der Waals surface area contributed by atoms with Crippen LogP contribution in [0.5, 0.6) is 5.88 Å². The van der Waals surface area contributed by atoms with Gasteiger partial charge in [0, 0.05) is 17.4 Å². The zero-order valence-corrected chi connectivity index (χ0v) is 14.4. The van der Waals surface area contributed by atoms with Crippen LogP contribution in [-0.4, -0.2) is 13.6 Å². The maximum absolute atomic E-state index is 14.2. The highest BCUT2D eigenvalue weighted by Gasteiger charge is 2.24. The summed E-state index contributed by atoms with van der Waals surface area (Å²) in [5.41, 5.74) is 7.53. The second-order valence-corrected chi connectivity index (χ2v) is 8.87. The molecule has 0 aliphatic heterocycles. The van der Waals surface area contributed by atoms with E-state index in [0.29, 0.717) is 11.4 Å². The number of nitrogen functional groups attached to an aromatic ring is 1. The van der Waals surface area contributed by atoms with Gasteiger partial charge >= 0.3 is 0 Å². The minimum Gasteiger partial charge on any atom is -0.535 e. The number of halogens is 1. The molecule has 0 saturated carbocycles. The van der Waals surface area contributed by atoms with Crippen LogP contribution in [0.3, 0.4) is 0 Å². The molecule has 5 heteroatoms. The third-order valence-electron chi connectivity index (χ3n) is 3.23. The molecule has 0 amide bonds. The molecule has 0 spiro atoms. The van der Waals surface area contributed by atoms with Crippen LogP contribution in [0.25, 0.3) is 5.69 Å². The highest BCUT2D eigenvalue weighted by atomic mass is 28.3. The number of rotatable bonds is 3. The van der Waals surface area contributed by atoms with Crippen molar-refractivity contribution >= 4 is 14.7 Å². The zero-order chi connectivity index (χ0) is 15.8. The highest BCUT2D eigenvalue weighted by molar-refractivity contribution is 6.49. The Morgan fingerprint density at radius 3 is 2.38 bits per heavy atom. The predicted molar refractivity (Wildman–Crippen MR) is 88.3 cm³/mol. The van der Waals surface area contributed by atoms with E-state index in [-0.39, 0.29) is 11.2 Å². The number of nitrogens with two attached hydrogens (primary N) is 1. The Bertz CT molecular complexity index is 644. The van der Waals surface area contributed by atoms with E-state index in [9.17, 15) is 4.39 Å². The Morgan fingerprint density at radius 1 is 1.19 bits per heavy atom. The molecule has 0 aliphatic carbocycles. The van der Waals surface area contributed by atoms with Crippen LogP contribution in [0.15, 0.2) is 30.5 Å². The van der Waals surface area contributed by atoms with Gasteiger partial charge in [-0.1, -0.05) is 20.8 Å². The van der Waals surface area contributed by atoms with Crippen molar-refractivity contribution in [3.63, 3.8) is 0 Å². The maximum atomic E-state index is 14.2. The van der Waals surface area contributed by atoms with Crippen molar-refractivity contribution in [2.45, 2.75) is 39.3 Å². The molecule has 2 rings (SSSR count). The van der Waals surface area contributed by atoms with Crippen molar-refractivity contribution in [3.05, 3.63) is 41.8 Å². The zero-order valence-electron chi connectivity index (χ0n) is 13.3. The minimum atomic E-state index is -1.31. The first kappa shape index (κ1) is 15.6. The smallest absolute Gasteiger partial charge is 0.231 e. The summed E-state index contributed by atoms with van der Waals surface area (Å²) < 4.78 is 22.1. The molecule has 0 bridgehead atoms. The van der Waals surface area contributed by atoms with E-state index in [4.69, 9.17) is 10.2 Å². The normalized spacial score (nSPS) is 12.0. The van der Waals surface area contributed by atoms with Gasteiger partial charge in [0.1, 0.15) is 5.82 Å². The molecule has 0 aliphatic rings. The highest BCUT2D eigenvalue weighted by Crippen LogP contribution is 2.35. The molecule has 114 valence electrons. The summed E-state index contributed by atoms with van der Waals surface area (Å²) in [6.07, 6.45) is 1.86. The minimum absolute atomic E-state index is 0.0614. The van der Waals surface area contributed by atoms with Crippen molar-refractivity contribution in [1.29, 1.82) is 0 Å². The van der Waals surface area contributed by atoms with Gasteiger partial charge in [-0.25, -0.2) is 4.39 Å². The first-order valence-electron chi connectivity index (χ1n) is 7.14. The SMILES string of the molecule is C[SiH](C)Oc1c(C(C)(C)C)ccn1-c1ccc(N)cc1F. The van der Waals surface area contributed by atoms with Gasteiger partial charge in [-0.2, -0.15) is 0 Å². The second-order valence-electron chi connectivity index (χ2n) is 6.53. The average molecular weight is 306 g/mol. The second kappa shape index (κ2) is 5.56. The van der Waals surface area contributed by atoms with E-state index in [1.807, 2.05) is 12.3 Å². The summed E-state index contributed by atoms with van der Waals surface area (Å²) in [7, 11) is -1.31. The number of anilines is 1. The van der Waals surface area contributed by atoms with Gasteiger partial charge in [-0.05, 0) is 42.8 Å². The Morgan fingerprint density at radius 2 is 1.86 bits per heavy atom. The lowest BCUT2D eigenvalue weighted by Gasteiger charge is -2.23. The van der Waals surface area contributed by atoms with Gasteiger partial charge in [0.2, 0.25) is 9.04 Å². The molecule has 1 aromatic carbocycles. The Labute approximate surface area is 127 Å². The summed E-state index contributed by atoms with van der Waals surface area (Å²) in [6.45, 7) is 10.6. The fourth-order valence-corrected chi connectivity index (χ4v) is 2.93. The molecule has 0 radical (unpaired) electrons. The molecule has 2 N–H and O–H groups in total. The molecule has 0 atom stereocenters. The summed E-state index contributed by atoms with van der Waals surface area (Å²) in [6, 6.07) is 6.72. The lowest BCUT2D eigenvalue weighted by molar-refractivity contribution is 0.494. The van der Waals surface area contributed by atoms with Gasteiger partial charge in [0.05, 0.1) is 5.69 Å². The first-order valence-corrected chi connectivity index (χ1v) is 9.92. The molecule has 1 aromatic heterocycles. The number of nitrogens with zero attached hydrogens (tertiary/aromatic N) is 1. The molecule has 3 nitrogen and oxygen atoms in total. The van der Waals surface area contributed by atoms with Gasteiger partial charge in [0.15, 0.2) is 5.88 Å². The van der Waals surface area contributed by atoms with Crippen LogP contribution in [0.1, 0.15) is 26.3 Å². The third-order valence-corrected chi connectivity index (χ3v) is 3.92. The van der Waals surface area contributed by atoms with Crippen LogP contribution < -0.4 is 10.2 Å². The van der Waals surface area contributed by atoms with Crippen molar-refractivity contribution in [3.8, 4) is 11.6 Å². The van der Waals surface area contributed by atoms with Gasteiger partial charge in [0.25, 0.3) is 0 Å². The Hall–Kier alpha value is -1.75. The van der Waals surface area contributed by atoms with Gasteiger partial charge in [-0.15, -0.1) is 0 Å². The monoisotopic (exact) mass is 306 g/mol. The third kappa shape index (κ3) is 3.29. The van der Waals surface area contributed by atoms with E-state index >= 15 is 0 Å². The number of hydrogen-bond donors (Lipinski definition) is 1. The lowest BCUT2D eigenvalue weighted by atomic mass is 9.89. The molecule has 0 saturated heterocycles. The summed E-state index contributed by atoms with van der Waals surface area (Å²) >= 11 is 0. The largest absolute Gasteiger partial charge is 0.535 e. The van der Waals surface area contributed by atoms with Crippen LogP contribution in [-0.2, 0) is 5.41 Å². The fourth-order valence-electron chi connectivity index (χ4n) is 2.24. The van der Waals surface area contributed by atoms with E-state index in [1.54, 1.807) is 16.7 Å². The van der Waals surface area contributed by atoms with E-state index < -0.39 is 9.04 Å². The Balaban J connectivity index is 2.60. The van der Waals surface area contributed by atoms with E-state index in [0.717, 1.165) is 11.4 Å². The van der Waals surface area contributed by atoms with Crippen LogP contribution in [0, 0.1) is 5.82 Å². The number of hydrogen-bond acceptors (Lipinski definition) is 2. The standard InChI is InChI=1S/C16H23FN2OSi/c1-16(2,3)12-8-9-19(15(12)20-21(4)5)14-7-6-11(18)10-13(14)17/h6-10,21H,18H2,1-5H3. The van der Waals surface area contributed by atoms with Crippen molar-refractivity contribution in [2.24, 2.45) is 0 Å². The van der Waals surface area contributed by atoms with Crippen molar-refractivity contribution in [2.75, 3.05) is 5.73 Å².